The van der Waals surface area contributed by atoms with Crippen molar-refractivity contribution in [1.29, 1.82) is 0 Å². The van der Waals surface area contributed by atoms with E-state index in [2.05, 4.69) is 9.88 Å². The van der Waals surface area contributed by atoms with Crippen molar-refractivity contribution in [3.63, 3.8) is 0 Å². The molecule has 3 rings (SSSR count). The highest BCUT2D eigenvalue weighted by atomic mass is 35.5. The molecule has 2 aromatic rings. The van der Waals surface area contributed by atoms with Crippen LogP contribution in [-0.2, 0) is 13.0 Å². The predicted molar refractivity (Wildman–Crippen MR) is 96.5 cm³/mol. The number of benzene rings is 1. The van der Waals surface area contributed by atoms with Crippen molar-refractivity contribution in [2.45, 2.75) is 44.7 Å². The monoisotopic (exact) mass is 355 g/mol. The van der Waals surface area contributed by atoms with E-state index < -0.39 is 0 Å². The normalized spacial score (nSPS) is 15.0. The van der Waals surface area contributed by atoms with Crippen LogP contribution in [0.15, 0.2) is 30.5 Å². The van der Waals surface area contributed by atoms with E-state index in [1.54, 1.807) is 23.5 Å². The van der Waals surface area contributed by atoms with Crippen LogP contribution in [0.5, 0.6) is 0 Å². The second kappa shape index (κ2) is 8.62. The molecular formula is C17H23ClFN3S. The van der Waals surface area contributed by atoms with E-state index >= 15 is 0 Å². The molecule has 0 bridgehead atoms. The average Bonchev–Trinajstić information content (AvgIpc) is 3.16. The van der Waals surface area contributed by atoms with Crippen molar-refractivity contribution >= 4 is 28.9 Å². The Morgan fingerprint density at radius 2 is 2.00 bits per heavy atom. The van der Waals surface area contributed by atoms with Crippen LogP contribution in [0, 0.1) is 5.82 Å². The van der Waals surface area contributed by atoms with Gasteiger partial charge < -0.3 is 5.73 Å². The number of nitrogens with zero attached hydrogens (tertiary/aromatic N) is 2. The minimum Gasteiger partial charge on any atom is -0.375 e. The van der Waals surface area contributed by atoms with Crippen LogP contribution in [0.1, 0.15) is 36.1 Å². The summed E-state index contributed by atoms with van der Waals surface area (Å²) in [5, 5.41) is 0.621. The predicted octanol–water partition coefficient (Wildman–Crippen LogP) is 4.27. The molecule has 1 aromatic carbocycles. The number of anilines is 1. The number of thiazole rings is 1. The summed E-state index contributed by atoms with van der Waals surface area (Å²) in [5.41, 5.74) is 6.53. The van der Waals surface area contributed by atoms with E-state index in [1.165, 1.54) is 30.6 Å². The Kier molecular flexibility index (Phi) is 6.81. The Balaban J connectivity index is 0.00000192. The fourth-order valence-corrected chi connectivity index (χ4v) is 3.93. The second-order valence-electron chi connectivity index (χ2n) is 5.91. The lowest BCUT2D eigenvalue weighted by Crippen LogP contribution is -2.34. The van der Waals surface area contributed by atoms with Gasteiger partial charge in [-0.05, 0) is 30.9 Å². The fraction of sp³-hybridized carbons (Fsp3) is 0.471. The van der Waals surface area contributed by atoms with Crippen molar-refractivity contribution in [2.24, 2.45) is 0 Å². The largest absolute Gasteiger partial charge is 0.375 e. The number of aromatic nitrogens is 1. The molecule has 0 atom stereocenters. The van der Waals surface area contributed by atoms with Crippen LogP contribution in [0.25, 0.3) is 0 Å². The van der Waals surface area contributed by atoms with E-state index in [4.69, 9.17) is 5.73 Å². The summed E-state index contributed by atoms with van der Waals surface area (Å²) in [6.45, 7) is 1.75. The van der Waals surface area contributed by atoms with Crippen molar-refractivity contribution in [2.75, 3.05) is 12.3 Å². The van der Waals surface area contributed by atoms with Crippen LogP contribution in [0.2, 0.25) is 0 Å². The SMILES string of the molecule is Cl.Nc1ncc(CN(CCc2ccccc2F)C2CCCC2)s1. The molecule has 0 amide bonds. The standard InChI is InChI=1S/C17H22FN3S.ClH/c18-16-8-4-1-5-13(16)9-10-21(14-6-2-3-7-14)12-15-11-20-17(19)22-15;/h1,4-5,8,11,14H,2-3,6-7,9-10,12H2,(H2,19,20);1H. The van der Waals surface area contributed by atoms with Crippen LogP contribution in [-0.4, -0.2) is 22.5 Å². The first-order chi connectivity index (χ1) is 10.7. The molecular weight excluding hydrogens is 333 g/mol. The van der Waals surface area contributed by atoms with Gasteiger partial charge in [-0.25, -0.2) is 9.37 Å². The van der Waals surface area contributed by atoms with E-state index in [0.29, 0.717) is 11.2 Å². The molecule has 0 radical (unpaired) electrons. The van der Waals surface area contributed by atoms with Gasteiger partial charge in [0.2, 0.25) is 0 Å². The van der Waals surface area contributed by atoms with Gasteiger partial charge in [0.05, 0.1) is 0 Å². The van der Waals surface area contributed by atoms with Gasteiger partial charge in [0.15, 0.2) is 5.13 Å². The maximum atomic E-state index is 13.8. The number of rotatable bonds is 6. The summed E-state index contributed by atoms with van der Waals surface area (Å²) in [7, 11) is 0. The van der Waals surface area contributed by atoms with Gasteiger partial charge in [-0.2, -0.15) is 0 Å². The van der Waals surface area contributed by atoms with E-state index in [1.807, 2.05) is 18.3 Å². The number of hydrogen-bond donors (Lipinski definition) is 1. The van der Waals surface area contributed by atoms with E-state index in [9.17, 15) is 4.39 Å². The van der Waals surface area contributed by atoms with Gasteiger partial charge >= 0.3 is 0 Å². The smallest absolute Gasteiger partial charge is 0.180 e. The maximum absolute atomic E-state index is 13.8. The summed E-state index contributed by atoms with van der Waals surface area (Å²) < 4.78 is 13.8. The summed E-state index contributed by atoms with van der Waals surface area (Å²) in [5.74, 6) is -0.101. The maximum Gasteiger partial charge on any atom is 0.180 e. The molecule has 1 saturated carbocycles. The molecule has 1 heterocycles. The Bertz CT molecular complexity index is 613. The molecule has 0 aliphatic heterocycles. The number of nitrogen functional groups attached to an aromatic ring is 1. The van der Waals surface area contributed by atoms with Crippen molar-refractivity contribution in [3.8, 4) is 0 Å². The zero-order chi connectivity index (χ0) is 15.4. The van der Waals surface area contributed by atoms with Gasteiger partial charge in [-0.3, -0.25) is 4.90 Å². The quantitative estimate of drug-likeness (QED) is 0.841. The van der Waals surface area contributed by atoms with Crippen LogP contribution in [0.3, 0.4) is 0 Å². The summed E-state index contributed by atoms with van der Waals surface area (Å²) in [6.07, 6.45) is 7.69. The zero-order valence-electron chi connectivity index (χ0n) is 13.1. The van der Waals surface area contributed by atoms with Gasteiger partial charge in [0.25, 0.3) is 0 Å². The lowest BCUT2D eigenvalue weighted by molar-refractivity contribution is 0.193. The van der Waals surface area contributed by atoms with Crippen molar-refractivity contribution < 1.29 is 4.39 Å². The summed E-state index contributed by atoms with van der Waals surface area (Å²) in [6, 6.07) is 7.68. The fourth-order valence-electron chi connectivity index (χ4n) is 3.22. The molecule has 1 aliphatic rings. The molecule has 126 valence electrons. The van der Waals surface area contributed by atoms with Gasteiger partial charge in [-0.15, -0.1) is 23.7 Å². The van der Waals surface area contributed by atoms with Gasteiger partial charge in [0.1, 0.15) is 5.82 Å². The third-order valence-electron chi connectivity index (χ3n) is 4.40. The average molecular weight is 356 g/mol. The first-order valence-electron chi connectivity index (χ1n) is 7.90. The van der Waals surface area contributed by atoms with Crippen molar-refractivity contribution in [1.82, 2.24) is 9.88 Å². The Morgan fingerprint density at radius 3 is 2.65 bits per heavy atom. The molecule has 0 unspecified atom stereocenters. The molecule has 23 heavy (non-hydrogen) atoms. The lowest BCUT2D eigenvalue weighted by Gasteiger charge is -2.28. The minimum absolute atomic E-state index is 0. The highest BCUT2D eigenvalue weighted by Gasteiger charge is 2.23. The highest BCUT2D eigenvalue weighted by Crippen LogP contribution is 2.27. The van der Waals surface area contributed by atoms with E-state index in [-0.39, 0.29) is 18.2 Å². The molecule has 1 fully saturated rings. The Hall–Kier alpha value is -1.17. The first-order valence-corrected chi connectivity index (χ1v) is 8.71. The highest BCUT2D eigenvalue weighted by molar-refractivity contribution is 7.15. The molecule has 3 nitrogen and oxygen atoms in total. The van der Waals surface area contributed by atoms with Gasteiger partial charge in [0, 0.05) is 30.2 Å². The number of halogens is 2. The third-order valence-corrected chi connectivity index (χ3v) is 5.21. The molecule has 1 aromatic heterocycles. The van der Waals surface area contributed by atoms with Gasteiger partial charge in [-0.1, -0.05) is 31.0 Å². The van der Waals surface area contributed by atoms with Crippen molar-refractivity contribution in [3.05, 3.63) is 46.7 Å². The molecule has 0 spiro atoms. The Morgan fingerprint density at radius 1 is 1.26 bits per heavy atom. The molecule has 1 aliphatic carbocycles. The molecule has 0 saturated heterocycles. The second-order valence-corrected chi connectivity index (χ2v) is 7.06. The number of nitrogens with two attached hydrogens (primary N) is 1. The molecule has 6 heteroatoms. The van der Waals surface area contributed by atoms with Crippen LogP contribution < -0.4 is 5.73 Å². The minimum atomic E-state index is -0.101. The third kappa shape index (κ3) is 4.90. The van der Waals surface area contributed by atoms with Crippen LogP contribution >= 0.6 is 23.7 Å². The van der Waals surface area contributed by atoms with E-state index in [0.717, 1.165) is 25.1 Å². The van der Waals surface area contributed by atoms with Crippen LogP contribution in [0.4, 0.5) is 9.52 Å². The summed E-state index contributed by atoms with van der Waals surface area (Å²) in [4.78, 5) is 7.81. The molecule has 2 N–H and O–H groups in total. The lowest BCUT2D eigenvalue weighted by atomic mass is 10.1. The summed E-state index contributed by atoms with van der Waals surface area (Å²) >= 11 is 1.55. The zero-order valence-corrected chi connectivity index (χ0v) is 14.7. The Labute approximate surface area is 147 Å². The first kappa shape index (κ1) is 18.2. The topological polar surface area (TPSA) is 42.1 Å². The number of hydrogen-bond acceptors (Lipinski definition) is 4.